The minimum atomic E-state index is -4.48. The summed E-state index contributed by atoms with van der Waals surface area (Å²) in [6.07, 6.45) is -2.96. The van der Waals surface area contributed by atoms with Gasteiger partial charge in [0.2, 0.25) is 0 Å². The van der Waals surface area contributed by atoms with E-state index in [1.54, 1.807) is 6.92 Å². The van der Waals surface area contributed by atoms with Crippen LogP contribution in [-0.4, -0.2) is 23.9 Å². The summed E-state index contributed by atoms with van der Waals surface area (Å²) < 4.78 is 39.2. The standard InChI is InChI=1S/C11H14BrF3N4/c1-2-19(4-3-9(16)17)10-8(11(13,14)15)5-7(12)6-18-10/h5-6H,2-4H2,1H3,(H3,16,17). The van der Waals surface area contributed by atoms with Crippen molar-refractivity contribution in [2.75, 3.05) is 18.0 Å². The zero-order valence-electron chi connectivity index (χ0n) is 10.3. The molecule has 0 bridgehead atoms. The summed E-state index contributed by atoms with van der Waals surface area (Å²) >= 11 is 2.99. The Morgan fingerprint density at radius 1 is 1.53 bits per heavy atom. The van der Waals surface area contributed by atoms with E-state index in [0.717, 1.165) is 6.07 Å². The second kappa shape index (κ2) is 6.23. The van der Waals surface area contributed by atoms with E-state index in [4.69, 9.17) is 11.1 Å². The molecule has 0 radical (unpaired) electrons. The van der Waals surface area contributed by atoms with E-state index in [2.05, 4.69) is 20.9 Å². The third-order valence-electron chi connectivity index (χ3n) is 2.47. The van der Waals surface area contributed by atoms with Crippen LogP contribution in [0.25, 0.3) is 0 Å². The predicted molar refractivity (Wildman–Crippen MR) is 71.4 cm³/mol. The van der Waals surface area contributed by atoms with Crippen molar-refractivity contribution in [3.05, 3.63) is 22.3 Å². The molecule has 4 nitrogen and oxygen atoms in total. The van der Waals surface area contributed by atoms with Gasteiger partial charge in [-0.15, -0.1) is 0 Å². The number of nitrogens with zero attached hydrogens (tertiary/aromatic N) is 2. The highest BCUT2D eigenvalue weighted by atomic mass is 79.9. The molecule has 8 heteroatoms. The van der Waals surface area contributed by atoms with Crippen LogP contribution < -0.4 is 10.6 Å². The number of nitrogens with one attached hydrogen (secondary N) is 1. The van der Waals surface area contributed by atoms with Crippen molar-refractivity contribution >= 4 is 27.6 Å². The molecule has 0 aliphatic carbocycles. The van der Waals surface area contributed by atoms with Crippen LogP contribution in [0.3, 0.4) is 0 Å². The highest BCUT2D eigenvalue weighted by molar-refractivity contribution is 9.10. The minimum Gasteiger partial charge on any atom is -0.388 e. The molecule has 0 fully saturated rings. The quantitative estimate of drug-likeness (QED) is 0.640. The van der Waals surface area contributed by atoms with Crippen LogP contribution in [0.4, 0.5) is 19.0 Å². The van der Waals surface area contributed by atoms with E-state index in [1.165, 1.54) is 11.1 Å². The van der Waals surface area contributed by atoms with Gasteiger partial charge in [0.1, 0.15) is 5.82 Å². The maximum atomic E-state index is 13.0. The molecule has 0 saturated heterocycles. The number of nitrogens with two attached hydrogens (primary N) is 1. The van der Waals surface area contributed by atoms with E-state index in [9.17, 15) is 13.2 Å². The van der Waals surface area contributed by atoms with Crippen molar-refractivity contribution in [1.29, 1.82) is 5.41 Å². The number of hydrogen-bond acceptors (Lipinski definition) is 3. The molecule has 0 aromatic carbocycles. The van der Waals surface area contributed by atoms with Gasteiger partial charge in [-0.2, -0.15) is 13.2 Å². The normalized spacial score (nSPS) is 11.4. The number of anilines is 1. The third-order valence-corrected chi connectivity index (χ3v) is 2.90. The van der Waals surface area contributed by atoms with Gasteiger partial charge in [-0.3, -0.25) is 5.41 Å². The van der Waals surface area contributed by atoms with E-state index >= 15 is 0 Å². The molecule has 0 atom stereocenters. The van der Waals surface area contributed by atoms with Crippen LogP contribution >= 0.6 is 15.9 Å². The summed E-state index contributed by atoms with van der Waals surface area (Å²) in [5, 5.41) is 7.14. The Morgan fingerprint density at radius 3 is 2.63 bits per heavy atom. The van der Waals surface area contributed by atoms with Crippen molar-refractivity contribution in [1.82, 2.24) is 4.98 Å². The average Bonchev–Trinajstić information content (AvgIpc) is 2.29. The second-order valence-electron chi connectivity index (χ2n) is 3.88. The van der Waals surface area contributed by atoms with Crippen molar-refractivity contribution in [2.24, 2.45) is 5.73 Å². The maximum Gasteiger partial charge on any atom is 0.419 e. The van der Waals surface area contributed by atoms with Gasteiger partial charge in [0.05, 0.1) is 11.4 Å². The highest BCUT2D eigenvalue weighted by Gasteiger charge is 2.36. The van der Waals surface area contributed by atoms with Crippen molar-refractivity contribution < 1.29 is 13.2 Å². The summed E-state index contributed by atoms with van der Waals surface area (Å²) in [5.74, 6) is -0.205. The molecular weight excluding hydrogens is 325 g/mol. The number of pyridine rings is 1. The Morgan fingerprint density at radius 2 is 2.16 bits per heavy atom. The Labute approximate surface area is 117 Å². The van der Waals surface area contributed by atoms with Crippen LogP contribution in [-0.2, 0) is 6.18 Å². The minimum absolute atomic E-state index is 0.0656. The zero-order valence-corrected chi connectivity index (χ0v) is 11.8. The smallest absolute Gasteiger partial charge is 0.388 e. The monoisotopic (exact) mass is 338 g/mol. The molecule has 0 unspecified atom stereocenters. The van der Waals surface area contributed by atoms with Crippen LogP contribution in [0.2, 0.25) is 0 Å². The van der Waals surface area contributed by atoms with E-state index in [0.29, 0.717) is 6.54 Å². The first-order valence-corrected chi connectivity index (χ1v) is 6.35. The van der Waals surface area contributed by atoms with Gasteiger partial charge in [-0.1, -0.05) is 0 Å². The maximum absolute atomic E-state index is 13.0. The predicted octanol–water partition coefficient (Wildman–Crippen LogP) is 3.02. The zero-order chi connectivity index (χ0) is 14.6. The molecule has 0 saturated carbocycles. The molecule has 1 heterocycles. The Kier molecular flexibility index (Phi) is 5.16. The highest BCUT2D eigenvalue weighted by Crippen LogP contribution is 2.36. The van der Waals surface area contributed by atoms with Crippen molar-refractivity contribution in [3.8, 4) is 0 Å². The van der Waals surface area contributed by atoms with Gasteiger partial charge in [-0.05, 0) is 28.9 Å². The topological polar surface area (TPSA) is 66.0 Å². The van der Waals surface area contributed by atoms with Crippen molar-refractivity contribution in [2.45, 2.75) is 19.5 Å². The molecule has 3 N–H and O–H groups in total. The van der Waals surface area contributed by atoms with Gasteiger partial charge < -0.3 is 10.6 Å². The number of aromatic nitrogens is 1. The van der Waals surface area contributed by atoms with Crippen LogP contribution in [0.1, 0.15) is 18.9 Å². The van der Waals surface area contributed by atoms with Gasteiger partial charge in [-0.25, -0.2) is 4.98 Å². The fourth-order valence-electron chi connectivity index (χ4n) is 1.56. The molecule has 0 aliphatic rings. The molecule has 0 aliphatic heterocycles. The molecule has 0 spiro atoms. The molecule has 0 amide bonds. The largest absolute Gasteiger partial charge is 0.419 e. The Balaban J connectivity index is 3.12. The van der Waals surface area contributed by atoms with E-state index in [-0.39, 0.29) is 29.1 Å². The molecule has 106 valence electrons. The average molecular weight is 339 g/mol. The number of halogens is 4. The van der Waals surface area contributed by atoms with Crippen LogP contribution in [0, 0.1) is 5.41 Å². The lowest BCUT2D eigenvalue weighted by atomic mass is 10.2. The fraction of sp³-hybridized carbons (Fsp3) is 0.455. The molecule has 1 aromatic rings. The summed E-state index contributed by atoms with van der Waals surface area (Å²) in [5.41, 5.74) is 4.43. The molecule has 1 aromatic heterocycles. The van der Waals surface area contributed by atoms with Crippen LogP contribution in [0.5, 0.6) is 0 Å². The number of amidine groups is 1. The number of hydrogen-bond donors (Lipinski definition) is 2. The lowest BCUT2D eigenvalue weighted by Crippen LogP contribution is -2.30. The van der Waals surface area contributed by atoms with E-state index < -0.39 is 11.7 Å². The first-order valence-electron chi connectivity index (χ1n) is 5.56. The first-order chi connectivity index (χ1) is 8.75. The van der Waals surface area contributed by atoms with Gasteiger partial charge in [0.15, 0.2) is 0 Å². The first kappa shape index (κ1) is 15.7. The fourth-order valence-corrected chi connectivity index (χ4v) is 1.89. The number of rotatable bonds is 5. The van der Waals surface area contributed by atoms with Gasteiger partial charge >= 0.3 is 6.18 Å². The van der Waals surface area contributed by atoms with Crippen molar-refractivity contribution in [3.63, 3.8) is 0 Å². The lowest BCUT2D eigenvalue weighted by Gasteiger charge is -2.25. The third kappa shape index (κ3) is 4.38. The number of alkyl halides is 3. The van der Waals surface area contributed by atoms with Crippen LogP contribution in [0.15, 0.2) is 16.7 Å². The summed E-state index contributed by atoms with van der Waals surface area (Å²) in [4.78, 5) is 5.30. The second-order valence-corrected chi connectivity index (χ2v) is 4.79. The summed E-state index contributed by atoms with van der Waals surface area (Å²) in [6, 6.07) is 0.999. The molecule has 1 rings (SSSR count). The molecular formula is C11H14BrF3N4. The lowest BCUT2D eigenvalue weighted by molar-refractivity contribution is -0.137. The van der Waals surface area contributed by atoms with E-state index in [1.807, 2.05) is 0 Å². The van der Waals surface area contributed by atoms with Gasteiger partial charge in [0.25, 0.3) is 0 Å². The summed E-state index contributed by atoms with van der Waals surface area (Å²) in [7, 11) is 0. The summed E-state index contributed by atoms with van der Waals surface area (Å²) in [6.45, 7) is 2.30. The Bertz CT molecular complexity index is 462. The SMILES string of the molecule is CCN(CCC(=N)N)c1ncc(Br)cc1C(F)(F)F. The molecule has 19 heavy (non-hydrogen) atoms. The Hall–Kier alpha value is -1.31. The van der Waals surface area contributed by atoms with Gasteiger partial charge in [0, 0.05) is 30.2 Å².